The van der Waals surface area contributed by atoms with Gasteiger partial charge in [-0.1, -0.05) is 0 Å². The summed E-state index contributed by atoms with van der Waals surface area (Å²) in [5, 5.41) is 0. The van der Waals surface area contributed by atoms with Crippen molar-refractivity contribution in [1.29, 1.82) is 0 Å². The topological polar surface area (TPSA) is 26.3 Å². The molecule has 1 aliphatic heterocycles. The molecule has 1 aliphatic rings. The summed E-state index contributed by atoms with van der Waals surface area (Å²) in [6.07, 6.45) is 0. The molecular formula is C13H8BrIO2. The van der Waals surface area contributed by atoms with E-state index in [0.29, 0.717) is 0 Å². The number of carbonyl (C=O) groups is 1. The molecule has 0 N–H and O–H groups in total. The summed E-state index contributed by atoms with van der Waals surface area (Å²) in [6.45, 7) is 0. The fraction of sp³-hybridized carbons (Fsp3) is 0. The van der Waals surface area contributed by atoms with Crippen LogP contribution in [0.1, 0.15) is 10.4 Å². The van der Waals surface area contributed by atoms with Crippen LogP contribution in [0.5, 0.6) is 0 Å². The molecular weight excluding hydrogens is 395 g/mol. The maximum atomic E-state index is 11.7. The molecule has 0 saturated heterocycles. The van der Waals surface area contributed by atoms with Crippen molar-refractivity contribution < 1.29 is 7.86 Å². The molecule has 0 fully saturated rings. The van der Waals surface area contributed by atoms with Crippen LogP contribution < -0.4 is 0 Å². The number of halogens is 2. The molecule has 0 aromatic heterocycles. The molecule has 0 aliphatic carbocycles. The molecule has 2 aromatic rings. The molecule has 2 nitrogen and oxygen atoms in total. The van der Waals surface area contributed by atoms with Crippen LogP contribution in [0.2, 0.25) is 0 Å². The number of hydrogen-bond acceptors (Lipinski definition) is 2. The van der Waals surface area contributed by atoms with Crippen molar-refractivity contribution in [3.05, 3.63) is 65.7 Å². The van der Waals surface area contributed by atoms with Gasteiger partial charge in [0.2, 0.25) is 0 Å². The average Bonchev–Trinajstić information content (AvgIpc) is 2.69. The molecule has 0 saturated carbocycles. The molecule has 4 heteroatoms. The second-order valence-electron chi connectivity index (χ2n) is 3.53. The zero-order valence-corrected chi connectivity index (χ0v) is 12.4. The number of carbonyl (C=O) groups excluding carboxylic acids is 1. The van der Waals surface area contributed by atoms with E-state index in [1.54, 1.807) is 0 Å². The Morgan fingerprint density at radius 3 is 2.47 bits per heavy atom. The summed E-state index contributed by atoms with van der Waals surface area (Å²) in [7, 11) is 0. The second kappa shape index (κ2) is 4.42. The van der Waals surface area contributed by atoms with Crippen LogP contribution in [-0.4, -0.2) is 5.97 Å². The van der Waals surface area contributed by atoms with E-state index in [1.165, 1.54) is 0 Å². The SMILES string of the molecule is O=C1OI(c2ccc(Br)cc2)c2ccccc21. The van der Waals surface area contributed by atoms with Gasteiger partial charge in [-0.05, 0) is 0 Å². The van der Waals surface area contributed by atoms with Gasteiger partial charge in [0.15, 0.2) is 0 Å². The summed E-state index contributed by atoms with van der Waals surface area (Å²) >= 11 is 1.43. The Balaban J connectivity index is 2.07. The first-order valence-electron chi connectivity index (χ1n) is 5.03. The van der Waals surface area contributed by atoms with Crippen molar-refractivity contribution in [2.75, 3.05) is 0 Å². The van der Waals surface area contributed by atoms with E-state index in [4.69, 9.17) is 3.07 Å². The molecule has 0 amide bonds. The first kappa shape index (κ1) is 11.2. The standard InChI is InChI=1S/C13H8BrIO2/c14-9-5-7-10(8-6-9)15-12-4-2-1-3-11(12)13(16)17-15/h1-8H. The van der Waals surface area contributed by atoms with Gasteiger partial charge in [-0.15, -0.1) is 0 Å². The predicted octanol–water partition coefficient (Wildman–Crippen LogP) is 4.08. The fourth-order valence-corrected chi connectivity index (χ4v) is 6.17. The summed E-state index contributed by atoms with van der Waals surface area (Å²) in [5.41, 5.74) is 0.737. The number of hydrogen-bond donors (Lipinski definition) is 0. The first-order valence-corrected chi connectivity index (χ1v) is 8.86. The van der Waals surface area contributed by atoms with Crippen molar-refractivity contribution in [2.24, 2.45) is 0 Å². The number of benzene rings is 2. The monoisotopic (exact) mass is 402 g/mol. The molecule has 0 bridgehead atoms. The van der Waals surface area contributed by atoms with Crippen LogP contribution in [-0.2, 0) is 3.07 Å². The molecule has 0 radical (unpaired) electrons. The van der Waals surface area contributed by atoms with E-state index in [2.05, 4.69) is 15.9 Å². The van der Waals surface area contributed by atoms with Gasteiger partial charge in [-0.2, -0.15) is 0 Å². The molecule has 86 valence electrons. The van der Waals surface area contributed by atoms with Gasteiger partial charge in [-0.25, -0.2) is 0 Å². The average molecular weight is 403 g/mol. The summed E-state index contributed by atoms with van der Waals surface area (Å²) in [5.74, 6) is -0.172. The van der Waals surface area contributed by atoms with Crippen LogP contribution in [0.3, 0.4) is 0 Å². The third kappa shape index (κ3) is 1.99. The van der Waals surface area contributed by atoms with Gasteiger partial charge in [0.1, 0.15) is 0 Å². The molecule has 1 heterocycles. The minimum atomic E-state index is -1.98. The van der Waals surface area contributed by atoms with Gasteiger partial charge < -0.3 is 0 Å². The van der Waals surface area contributed by atoms with Crippen LogP contribution in [0, 0.1) is 7.14 Å². The van der Waals surface area contributed by atoms with E-state index >= 15 is 0 Å². The van der Waals surface area contributed by atoms with Gasteiger partial charge >= 0.3 is 116 Å². The molecule has 0 spiro atoms. The molecule has 2 aromatic carbocycles. The Labute approximate surface area is 115 Å². The van der Waals surface area contributed by atoms with Crippen molar-refractivity contribution in [1.82, 2.24) is 0 Å². The van der Waals surface area contributed by atoms with E-state index in [0.717, 1.165) is 17.2 Å². The van der Waals surface area contributed by atoms with E-state index < -0.39 is 20.2 Å². The maximum absolute atomic E-state index is 11.7. The summed E-state index contributed by atoms with van der Waals surface area (Å²) < 4.78 is 8.85. The number of fused-ring (bicyclic) bond motifs is 1. The minimum absolute atomic E-state index is 0.172. The van der Waals surface area contributed by atoms with Crippen molar-refractivity contribution >= 4 is 42.1 Å². The van der Waals surface area contributed by atoms with Crippen LogP contribution in [0.4, 0.5) is 0 Å². The van der Waals surface area contributed by atoms with E-state index in [1.807, 2.05) is 48.5 Å². The first-order chi connectivity index (χ1) is 8.25. The Hall–Kier alpha value is -0.880. The third-order valence-corrected chi connectivity index (χ3v) is 7.64. The molecule has 0 unspecified atom stereocenters. The zero-order chi connectivity index (χ0) is 11.8. The molecule has 0 atom stereocenters. The summed E-state index contributed by atoms with van der Waals surface area (Å²) in [4.78, 5) is 11.7. The zero-order valence-electron chi connectivity index (χ0n) is 8.69. The van der Waals surface area contributed by atoms with Crippen LogP contribution in [0.15, 0.2) is 53.0 Å². The van der Waals surface area contributed by atoms with Crippen LogP contribution >= 0.6 is 36.2 Å². The summed E-state index contributed by atoms with van der Waals surface area (Å²) in [6, 6.07) is 15.7. The van der Waals surface area contributed by atoms with E-state index in [-0.39, 0.29) is 5.97 Å². The van der Waals surface area contributed by atoms with E-state index in [9.17, 15) is 4.79 Å². The van der Waals surface area contributed by atoms with Gasteiger partial charge in [0.05, 0.1) is 0 Å². The third-order valence-electron chi connectivity index (χ3n) is 2.43. The van der Waals surface area contributed by atoms with Crippen molar-refractivity contribution in [3.8, 4) is 0 Å². The predicted molar refractivity (Wildman–Crippen MR) is 77.4 cm³/mol. The van der Waals surface area contributed by atoms with Gasteiger partial charge in [0.25, 0.3) is 0 Å². The Kier molecular flexibility index (Phi) is 2.92. The van der Waals surface area contributed by atoms with Crippen molar-refractivity contribution in [2.45, 2.75) is 0 Å². The Morgan fingerprint density at radius 1 is 1.00 bits per heavy atom. The van der Waals surface area contributed by atoms with Gasteiger partial charge in [-0.3, -0.25) is 0 Å². The Bertz CT molecular complexity index is 580. The second-order valence-corrected chi connectivity index (χ2v) is 8.71. The Morgan fingerprint density at radius 2 is 1.71 bits per heavy atom. The van der Waals surface area contributed by atoms with Crippen LogP contribution in [0.25, 0.3) is 0 Å². The molecule has 3 rings (SSSR count). The molecule has 17 heavy (non-hydrogen) atoms. The quantitative estimate of drug-likeness (QED) is 0.672. The van der Waals surface area contributed by atoms with Gasteiger partial charge in [0, 0.05) is 0 Å². The van der Waals surface area contributed by atoms with Crippen molar-refractivity contribution in [3.63, 3.8) is 0 Å². The normalized spacial score (nSPS) is 15.6. The fourth-order valence-electron chi connectivity index (χ4n) is 1.64. The number of rotatable bonds is 1.